The number of thiazole rings is 1. The van der Waals surface area contributed by atoms with Crippen molar-refractivity contribution in [3.63, 3.8) is 0 Å². The molecule has 0 saturated heterocycles. The quantitative estimate of drug-likeness (QED) is 0.838. The Labute approximate surface area is 106 Å². The fraction of sp³-hybridized carbons (Fsp3) is 0.167. The molecule has 3 nitrogen and oxygen atoms in total. The van der Waals surface area contributed by atoms with Crippen LogP contribution in [0, 0.1) is 29.9 Å². The van der Waals surface area contributed by atoms with Gasteiger partial charge in [0, 0.05) is 11.6 Å². The number of nitriles is 1. The molecular formula is C12H8F2N2OS. The smallest absolute Gasteiger partial charge is 0.165 e. The Morgan fingerprint density at radius 3 is 2.61 bits per heavy atom. The first-order valence-electron chi connectivity index (χ1n) is 4.97. The molecule has 0 aliphatic heterocycles. The molecule has 1 aromatic carbocycles. The molecule has 0 fully saturated rings. The van der Waals surface area contributed by atoms with E-state index in [0.717, 1.165) is 23.5 Å². The molecule has 0 aliphatic rings. The minimum atomic E-state index is -0.666. The lowest BCUT2D eigenvalue weighted by Crippen LogP contribution is -1.92. The van der Waals surface area contributed by atoms with Gasteiger partial charge in [-0.05, 0) is 13.0 Å². The highest BCUT2D eigenvalue weighted by Crippen LogP contribution is 2.32. The van der Waals surface area contributed by atoms with Crippen molar-refractivity contribution in [2.75, 3.05) is 7.11 Å². The summed E-state index contributed by atoms with van der Waals surface area (Å²) in [5, 5.41) is 9.10. The third-order valence-electron chi connectivity index (χ3n) is 2.37. The lowest BCUT2D eigenvalue weighted by molar-refractivity contribution is 0.383. The minimum absolute atomic E-state index is 0.0305. The van der Waals surface area contributed by atoms with E-state index in [1.54, 1.807) is 6.92 Å². The van der Waals surface area contributed by atoms with Crippen molar-refractivity contribution in [2.24, 2.45) is 0 Å². The second-order valence-corrected chi connectivity index (χ2v) is 4.51. The van der Waals surface area contributed by atoms with E-state index in [1.807, 2.05) is 6.07 Å². The van der Waals surface area contributed by atoms with E-state index < -0.39 is 11.6 Å². The number of nitrogens with zero attached hydrogens (tertiary/aromatic N) is 2. The van der Waals surface area contributed by atoms with Crippen LogP contribution in [0.2, 0.25) is 0 Å². The number of halogens is 2. The van der Waals surface area contributed by atoms with Crippen LogP contribution in [0.15, 0.2) is 12.1 Å². The first-order chi connectivity index (χ1) is 8.56. The van der Waals surface area contributed by atoms with Crippen LogP contribution in [-0.4, -0.2) is 12.1 Å². The van der Waals surface area contributed by atoms with Gasteiger partial charge in [-0.1, -0.05) is 0 Å². The Balaban J connectivity index is 2.57. The van der Waals surface area contributed by atoms with Crippen molar-refractivity contribution in [2.45, 2.75) is 6.92 Å². The number of aryl methyl sites for hydroxylation is 1. The van der Waals surface area contributed by atoms with Gasteiger partial charge in [0.25, 0.3) is 0 Å². The van der Waals surface area contributed by atoms with Crippen molar-refractivity contribution in [3.8, 4) is 22.4 Å². The number of aromatic nitrogens is 1. The van der Waals surface area contributed by atoms with Gasteiger partial charge in [-0.25, -0.2) is 13.8 Å². The molecule has 2 aromatic rings. The largest absolute Gasteiger partial charge is 0.494 e. The highest BCUT2D eigenvalue weighted by Gasteiger charge is 2.16. The zero-order chi connectivity index (χ0) is 13.3. The average Bonchev–Trinajstić information content (AvgIpc) is 2.72. The molecule has 92 valence electrons. The third-order valence-corrected chi connectivity index (χ3v) is 3.47. The average molecular weight is 266 g/mol. The van der Waals surface area contributed by atoms with Crippen molar-refractivity contribution in [1.82, 2.24) is 4.98 Å². The van der Waals surface area contributed by atoms with Crippen LogP contribution in [0.4, 0.5) is 8.78 Å². The number of hydrogen-bond donors (Lipinski definition) is 0. The third kappa shape index (κ3) is 2.05. The maximum Gasteiger partial charge on any atom is 0.165 e. The van der Waals surface area contributed by atoms with Crippen molar-refractivity contribution < 1.29 is 13.5 Å². The van der Waals surface area contributed by atoms with Gasteiger partial charge in [0.05, 0.1) is 12.8 Å². The molecule has 0 saturated carbocycles. The van der Waals surface area contributed by atoms with Crippen LogP contribution >= 0.6 is 11.3 Å². The zero-order valence-electron chi connectivity index (χ0n) is 9.62. The summed E-state index contributed by atoms with van der Waals surface area (Å²) in [6.07, 6.45) is 0. The topological polar surface area (TPSA) is 45.9 Å². The van der Waals surface area contributed by atoms with Crippen molar-refractivity contribution >= 4 is 11.3 Å². The Morgan fingerprint density at radius 1 is 1.33 bits per heavy atom. The molecule has 1 aromatic heterocycles. The van der Waals surface area contributed by atoms with Gasteiger partial charge in [0.1, 0.15) is 21.8 Å². The van der Waals surface area contributed by atoms with E-state index in [4.69, 9.17) is 5.26 Å². The van der Waals surface area contributed by atoms with E-state index in [2.05, 4.69) is 9.72 Å². The summed E-state index contributed by atoms with van der Waals surface area (Å²) in [6.45, 7) is 1.65. The van der Waals surface area contributed by atoms with E-state index in [1.165, 1.54) is 7.11 Å². The van der Waals surface area contributed by atoms with Gasteiger partial charge in [0.2, 0.25) is 0 Å². The summed E-state index contributed by atoms with van der Waals surface area (Å²) in [5.41, 5.74) is 0.538. The number of ether oxygens (including phenoxy) is 1. The van der Waals surface area contributed by atoms with Crippen LogP contribution in [0.1, 0.15) is 10.6 Å². The maximum absolute atomic E-state index is 13.8. The normalized spacial score (nSPS) is 10.2. The van der Waals surface area contributed by atoms with E-state index in [-0.39, 0.29) is 16.3 Å². The zero-order valence-corrected chi connectivity index (χ0v) is 10.4. The molecule has 0 atom stereocenters. The lowest BCUT2D eigenvalue weighted by Gasteiger charge is -2.04. The molecule has 18 heavy (non-hydrogen) atoms. The van der Waals surface area contributed by atoms with Crippen LogP contribution in [0.5, 0.6) is 5.75 Å². The molecule has 0 aliphatic carbocycles. The second kappa shape index (κ2) is 4.70. The summed E-state index contributed by atoms with van der Waals surface area (Å²) in [7, 11) is 1.26. The predicted octanol–water partition coefficient (Wildman–Crippen LogP) is 3.28. The lowest BCUT2D eigenvalue weighted by atomic mass is 10.2. The van der Waals surface area contributed by atoms with E-state index in [0.29, 0.717) is 10.6 Å². The summed E-state index contributed by atoms with van der Waals surface area (Å²) >= 11 is 1.03. The molecule has 0 spiro atoms. The molecule has 2 rings (SSSR count). The molecular weight excluding hydrogens is 258 g/mol. The highest BCUT2D eigenvalue weighted by atomic mass is 32.1. The molecule has 1 heterocycles. The molecule has 6 heteroatoms. The molecule has 0 bridgehead atoms. The van der Waals surface area contributed by atoms with Gasteiger partial charge in [-0.3, -0.25) is 0 Å². The Morgan fingerprint density at radius 2 is 2.06 bits per heavy atom. The Hall–Kier alpha value is -2.00. The molecule has 0 amide bonds. The monoisotopic (exact) mass is 266 g/mol. The van der Waals surface area contributed by atoms with Crippen LogP contribution < -0.4 is 4.74 Å². The minimum Gasteiger partial charge on any atom is -0.494 e. The van der Waals surface area contributed by atoms with E-state index in [9.17, 15) is 8.78 Å². The first kappa shape index (κ1) is 12.5. The summed E-state index contributed by atoms with van der Waals surface area (Å²) in [4.78, 5) is 4.45. The number of benzene rings is 1. The standard InChI is InChI=1S/C12H8F2N2OS/c1-6-11(5-15)18-12(16-6)7-3-9(14)10(17-2)4-8(7)13/h3-4H,1-2H3. The van der Waals surface area contributed by atoms with Gasteiger partial charge in [0.15, 0.2) is 11.6 Å². The van der Waals surface area contributed by atoms with Gasteiger partial charge >= 0.3 is 0 Å². The molecule has 0 unspecified atom stereocenters. The summed E-state index contributed by atoms with van der Waals surface area (Å²) in [5.74, 6) is -1.46. The fourth-order valence-corrected chi connectivity index (χ4v) is 2.35. The van der Waals surface area contributed by atoms with Crippen LogP contribution in [0.3, 0.4) is 0 Å². The SMILES string of the molecule is COc1cc(F)c(-c2nc(C)c(C#N)s2)cc1F. The van der Waals surface area contributed by atoms with E-state index >= 15 is 0 Å². The number of methoxy groups -OCH3 is 1. The molecule has 0 N–H and O–H groups in total. The number of hydrogen-bond acceptors (Lipinski definition) is 4. The van der Waals surface area contributed by atoms with Crippen LogP contribution in [0.25, 0.3) is 10.6 Å². The van der Waals surface area contributed by atoms with Gasteiger partial charge in [-0.15, -0.1) is 11.3 Å². The van der Waals surface area contributed by atoms with Crippen molar-refractivity contribution in [1.29, 1.82) is 5.26 Å². The second-order valence-electron chi connectivity index (χ2n) is 3.51. The molecule has 0 radical (unpaired) electrons. The van der Waals surface area contributed by atoms with Gasteiger partial charge in [-0.2, -0.15) is 5.26 Å². The summed E-state index contributed by atoms with van der Waals surface area (Å²) in [6, 6.07) is 3.94. The van der Waals surface area contributed by atoms with Gasteiger partial charge < -0.3 is 4.74 Å². The van der Waals surface area contributed by atoms with Crippen molar-refractivity contribution in [3.05, 3.63) is 34.3 Å². The predicted molar refractivity (Wildman–Crippen MR) is 63.5 cm³/mol. The highest BCUT2D eigenvalue weighted by molar-refractivity contribution is 7.15. The van der Waals surface area contributed by atoms with Crippen LogP contribution in [-0.2, 0) is 0 Å². The maximum atomic E-state index is 13.8. The Bertz CT molecular complexity index is 646. The fourth-order valence-electron chi connectivity index (χ4n) is 1.46. The Kier molecular flexibility index (Phi) is 3.26. The summed E-state index contributed by atoms with van der Waals surface area (Å²) < 4.78 is 32.0. The first-order valence-corrected chi connectivity index (χ1v) is 5.79. The number of rotatable bonds is 2.